The number of nitrogens with one attached hydrogen (secondary N) is 1. The van der Waals surface area contributed by atoms with Gasteiger partial charge in [-0.2, -0.15) is 0 Å². The molecule has 0 spiro atoms. The van der Waals surface area contributed by atoms with Crippen molar-refractivity contribution in [3.8, 4) is 0 Å². The van der Waals surface area contributed by atoms with Crippen molar-refractivity contribution in [2.75, 3.05) is 12.1 Å². The summed E-state index contributed by atoms with van der Waals surface area (Å²) in [6.45, 7) is 4.79. The molecule has 0 unspecified atom stereocenters. The lowest BCUT2D eigenvalue weighted by atomic mass is 10.2. The smallest absolute Gasteiger partial charge is 0.247 e. The van der Waals surface area contributed by atoms with Gasteiger partial charge >= 0.3 is 0 Å². The Kier molecular flexibility index (Phi) is 4.11. The van der Waals surface area contributed by atoms with Crippen LogP contribution in [0.4, 0.5) is 5.95 Å². The van der Waals surface area contributed by atoms with E-state index in [-0.39, 0.29) is 0 Å². The van der Waals surface area contributed by atoms with E-state index >= 15 is 0 Å². The fourth-order valence-corrected chi connectivity index (χ4v) is 0.843. The maximum atomic E-state index is 5.13. The molecule has 1 N–H and O–H groups in total. The van der Waals surface area contributed by atoms with Crippen molar-refractivity contribution in [1.82, 2.24) is 9.97 Å². The molecular formula is C8H12BrN3O. The summed E-state index contributed by atoms with van der Waals surface area (Å²) >= 11 is 3.24. The van der Waals surface area contributed by atoms with Crippen molar-refractivity contribution in [2.24, 2.45) is 5.92 Å². The Balaban J connectivity index is 2.33. The van der Waals surface area contributed by atoms with Gasteiger partial charge in [0, 0.05) is 12.4 Å². The van der Waals surface area contributed by atoms with Crippen molar-refractivity contribution in [2.45, 2.75) is 13.8 Å². The molecule has 1 rings (SSSR count). The highest BCUT2D eigenvalue weighted by atomic mass is 79.9. The summed E-state index contributed by atoms with van der Waals surface area (Å²) in [5.41, 5.74) is 2.66. The van der Waals surface area contributed by atoms with Crippen molar-refractivity contribution >= 4 is 21.9 Å². The zero-order valence-corrected chi connectivity index (χ0v) is 9.21. The van der Waals surface area contributed by atoms with E-state index in [9.17, 15) is 0 Å². The average molecular weight is 246 g/mol. The third kappa shape index (κ3) is 4.19. The third-order valence-electron chi connectivity index (χ3n) is 1.20. The van der Waals surface area contributed by atoms with Crippen LogP contribution in [0.3, 0.4) is 0 Å². The Morgan fingerprint density at radius 2 is 2.08 bits per heavy atom. The van der Waals surface area contributed by atoms with Gasteiger partial charge in [0.25, 0.3) is 0 Å². The lowest BCUT2D eigenvalue weighted by molar-refractivity contribution is 0.160. The fourth-order valence-electron chi connectivity index (χ4n) is 0.638. The van der Waals surface area contributed by atoms with Gasteiger partial charge in [0.1, 0.15) is 0 Å². The van der Waals surface area contributed by atoms with Crippen LogP contribution in [0.25, 0.3) is 0 Å². The van der Waals surface area contributed by atoms with Crippen LogP contribution in [0.2, 0.25) is 0 Å². The quantitative estimate of drug-likeness (QED) is 0.827. The molecule has 0 aliphatic rings. The van der Waals surface area contributed by atoms with Crippen LogP contribution in [0.15, 0.2) is 16.9 Å². The maximum Gasteiger partial charge on any atom is 0.247 e. The summed E-state index contributed by atoms with van der Waals surface area (Å²) in [6, 6.07) is 0. The summed E-state index contributed by atoms with van der Waals surface area (Å²) < 4.78 is 0.849. The van der Waals surface area contributed by atoms with Gasteiger partial charge in [-0.25, -0.2) is 15.4 Å². The first-order valence-electron chi connectivity index (χ1n) is 4.04. The molecule has 0 aliphatic heterocycles. The van der Waals surface area contributed by atoms with Gasteiger partial charge in [-0.3, -0.25) is 4.84 Å². The van der Waals surface area contributed by atoms with Crippen LogP contribution >= 0.6 is 15.9 Å². The highest BCUT2D eigenvalue weighted by molar-refractivity contribution is 9.10. The van der Waals surface area contributed by atoms with E-state index in [2.05, 4.69) is 45.2 Å². The minimum Gasteiger partial charge on any atom is -0.273 e. The van der Waals surface area contributed by atoms with Gasteiger partial charge in [-0.1, -0.05) is 13.8 Å². The molecule has 0 bridgehead atoms. The zero-order valence-electron chi connectivity index (χ0n) is 7.62. The standard InChI is InChI=1S/C8H12BrN3O/c1-6(2)5-13-12-8-10-3-7(9)4-11-8/h3-4,6H,5H2,1-2H3,(H,10,11,12). The number of rotatable bonds is 4. The molecule has 0 radical (unpaired) electrons. The number of halogens is 1. The number of anilines is 1. The second-order valence-electron chi connectivity index (χ2n) is 3.03. The van der Waals surface area contributed by atoms with E-state index in [1.165, 1.54) is 0 Å². The number of hydrogen-bond acceptors (Lipinski definition) is 4. The summed E-state index contributed by atoms with van der Waals surface area (Å²) in [6.07, 6.45) is 3.32. The molecule has 1 aromatic heterocycles. The summed E-state index contributed by atoms with van der Waals surface area (Å²) in [7, 11) is 0. The van der Waals surface area contributed by atoms with E-state index in [0.29, 0.717) is 18.5 Å². The molecule has 1 heterocycles. The second-order valence-corrected chi connectivity index (χ2v) is 3.95. The molecular weight excluding hydrogens is 234 g/mol. The molecule has 0 saturated heterocycles. The van der Waals surface area contributed by atoms with Crippen LogP contribution in [0.5, 0.6) is 0 Å². The molecule has 0 amide bonds. The number of hydrogen-bond donors (Lipinski definition) is 1. The van der Waals surface area contributed by atoms with Crippen molar-refractivity contribution in [3.63, 3.8) is 0 Å². The Labute approximate surface area is 85.8 Å². The first-order chi connectivity index (χ1) is 6.18. The van der Waals surface area contributed by atoms with Crippen LogP contribution in [-0.2, 0) is 4.84 Å². The second kappa shape index (κ2) is 5.14. The maximum absolute atomic E-state index is 5.13. The summed E-state index contributed by atoms with van der Waals surface area (Å²) in [5.74, 6) is 0.965. The summed E-state index contributed by atoms with van der Waals surface area (Å²) in [5, 5.41) is 0. The largest absolute Gasteiger partial charge is 0.273 e. The van der Waals surface area contributed by atoms with Crippen molar-refractivity contribution in [3.05, 3.63) is 16.9 Å². The number of aromatic nitrogens is 2. The van der Waals surface area contributed by atoms with Gasteiger partial charge in [0.15, 0.2) is 0 Å². The van der Waals surface area contributed by atoms with E-state index in [0.717, 1.165) is 4.47 Å². The molecule has 0 saturated carbocycles. The normalized spacial score (nSPS) is 10.5. The third-order valence-corrected chi connectivity index (χ3v) is 1.61. The molecule has 72 valence electrons. The van der Waals surface area contributed by atoms with Gasteiger partial charge in [0.05, 0.1) is 11.1 Å². The van der Waals surface area contributed by atoms with Crippen LogP contribution in [-0.4, -0.2) is 16.6 Å². The number of nitrogens with zero attached hydrogens (tertiary/aromatic N) is 2. The van der Waals surface area contributed by atoms with Gasteiger partial charge in [0.2, 0.25) is 5.95 Å². The topological polar surface area (TPSA) is 47.0 Å². The molecule has 4 nitrogen and oxygen atoms in total. The van der Waals surface area contributed by atoms with E-state index < -0.39 is 0 Å². The van der Waals surface area contributed by atoms with Crippen LogP contribution in [0, 0.1) is 5.92 Å². The highest BCUT2D eigenvalue weighted by Crippen LogP contribution is 2.06. The molecule has 0 fully saturated rings. The van der Waals surface area contributed by atoms with Crippen LogP contribution in [0.1, 0.15) is 13.8 Å². The Hall–Kier alpha value is -0.680. The molecule has 5 heteroatoms. The highest BCUT2D eigenvalue weighted by Gasteiger charge is 1.96. The molecule has 1 aromatic rings. The predicted molar refractivity (Wildman–Crippen MR) is 54.1 cm³/mol. The monoisotopic (exact) mass is 245 g/mol. The van der Waals surface area contributed by atoms with Gasteiger partial charge in [-0.05, 0) is 21.8 Å². The Bertz CT molecular complexity index is 250. The molecule has 13 heavy (non-hydrogen) atoms. The molecule has 0 aliphatic carbocycles. The zero-order chi connectivity index (χ0) is 9.68. The first-order valence-corrected chi connectivity index (χ1v) is 4.83. The van der Waals surface area contributed by atoms with Crippen molar-refractivity contribution < 1.29 is 4.84 Å². The summed E-state index contributed by atoms with van der Waals surface area (Å²) in [4.78, 5) is 13.1. The van der Waals surface area contributed by atoms with Gasteiger partial charge < -0.3 is 0 Å². The Morgan fingerprint density at radius 1 is 1.46 bits per heavy atom. The van der Waals surface area contributed by atoms with Crippen molar-refractivity contribution in [1.29, 1.82) is 0 Å². The van der Waals surface area contributed by atoms with Gasteiger partial charge in [-0.15, -0.1) is 0 Å². The lowest BCUT2D eigenvalue weighted by Gasteiger charge is -2.06. The Morgan fingerprint density at radius 3 is 2.62 bits per heavy atom. The lowest BCUT2D eigenvalue weighted by Crippen LogP contribution is -2.09. The fraction of sp³-hybridized carbons (Fsp3) is 0.500. The minimum absolute atomic E-state index is 0.476. The molecule has 0 atom stereocenters. The van der Waals surface area contributed by atoms with E-state index in [1.54, 1.807) is 12.4 Å². The average Bonchev–Trinajstić information content (AvgIpc) is 2.08. The SMILES string of the molecule is CC(C)CONc1ncc(Br)cn1. The molecule has 0 aromatic carbocycles. The minimum atomic E-state index is 0.476. The van der Waals surface area contributed by atoms with E-state index in [1.807, 2.05) is 0 Å². The van der Waals surface area contributed by atoms with Crippen LogP contribution < -0.4 is 5.48 Å². The predicted octanol–water partition coefficient (Wildman–Crippen LogP) is 2.24. The first kappa shape index (κ1) is 10.4. The van der Waals surface area contributed by atoms with E-state index in [4.69, 9.17) is 4.84 Å².